The second kappa shape index (κ2) is 8.29. The maximum Gasteiger partial charge on any atom is 0.253 e. The van der Waals surface area contributed by atoms with E-state index in [4.69, 9.17) is 0 Å². The van der Waals surface area contributed by atoms with Crippen LogP contribution in [0.15, 0.2) is 24.3 Å². The Balaban J connectivity index is 2.05. The zero-order valence-corrected chi connectivity index (χ0v) is 15.2. The number of para-hydroxylation sites is 1. The van der Waals surface area contributed by atoms with E-state index in [1.807, 2.05) is 18.2 Å². The lowest BCUT2D eigenvalue weighted by Gasteiger charge is -2.27. The Bertz CT molecular complexity index is 580. The Kier molecular flexibility index (Phi) is 6.37. The van der Waals surface area contributed by atoms with Gasteiger partial charge in [-0.2, -0.15) is 0 Å². The topological polar surface area (TPSA) is 52.7 Å². The van der Waals surface area contributed by atoms with Gasteiger partial charge in [-0.1, -0.05) is 26.0 Å². The quantitative estimate of drug-likeness (QED) is 0.796. The molecule has 1 aromatic carbocycles. The summed E-state index contributed by atoms with van der Waals surface area (Å²) in [5.74, 6) is 0.112. The number of carbonyl (C=O) groups is 2. The molecule has 0 aromatic heterocycles. The van der Waals surface area contributed by atoms with Gasteiger partial charge in [-0.05, 0) is 45.0 Å². The minimum Gasteiger partial charge on any atom is -0.350 e. The first-order valence-corrected chi connectivity index (χ1v) is 8.88. The van der Waals surface area contributed by atoms with E-state index in [9.17, 15) is 9.59 Å². The van der Waals surface area contributed by atoms with Crippen molar-refractivity contribution in [2.24, 2.45) is 5.92 Å². The number of carbonyl (C=O) groups excluding carboxylic acids is 2. The molecule has 5 nitrogen and oxygen atoms in total. The van der Waals surface area contributed by atoms with Crippen LogP contribution in [0.2, 0.25) is 0 Å². The molecule has 132 valence electrons. The second-order valence-electron chi connectivity index (χ2n) is 6.47. The molecule has 1 aliphatic rings. The van der Waals surface area contributed by atoms with Crippen LogP contribution in [0.5, 0.6) is 0 Å². The number of anilines is 1. The van der Waals surface area contributed by atoms with Gasteiger partial charge in [0.05, 0.1) is 11.3 Å². The lowest BCUT2D eigenvalue weighted by Crippen LogP contribution is -2.42. The third-order valence-electron chi connectivity index (χ3n) is 4.76. The predicted octanol–water partition coefficient (Wildman–Crippen LogP) is 2.52. The highest BCUT2D eigenvalue weighted by molar-refractivity contribution is 6.05. The first kappa shape index (κ1) is 18.5. The van der Waals surface area contributed by atoms with E-state index in [1.54, 1.807) is 18.0 Å². The number of nitrogens with one attached hydrogen (secondary N) is 1. The summed E-state index contributed by atoms with van der Waals surface area (Å²) in [7, 11) is 1.76. The van der Waals surface area contributed by atoms with Crippen molar-refractivity contribution < 1.29 is 9.59 Å². The molecule has 1 saturated carbocycles. The SMILES string of the molecule is CCN(CC)C(C)CNC(=O)c1ccccc1N(C)C(=O)C1CC1. The molecule has 0 radical (unpaired) electrons. The number of hydrogen-bond acceptors (Lipinski definition) is 3. The molecule has 5 heteroatoms. The maximum absolute atomic E-state index is 12.6. The van der Waals surface area contributed by atoms with E-state index in [0.717, 1.165) is 25.9 Å². The molecule has 0 aliphatic heterocycles. The summed E-state index contributed by atoms with van der Waals surface area (Å²) in [5.41, 5.74) is 1.24. The predicted molar refractivity (Wildman–Crippen MR) is 97.3 cm³/mol. The molecule has 0 heterocycles. The van der Waals surface area contributed by atoms with Gasteiger partial charge in [-0.15, -0.1) is 0 Å². The molecular formula is C19H29N3O2. The van der Waals surface area contributed by atoms with Crippen molar-refractivity contribution in [2.75, 3.05) is 31.6 Å². The van der Waals surface area contributed by atoms with Crippen molar-refractivity contribution >= 4 is 17.5 Å². The Morgan fingerprint density at radius 2 is 1.83 bits per heavy atom. The number of hydrogen-bond donors (Lipinski definition) is 1. The van der Waals surface area contributed by atoms with Gasteiger partial charge in [0.1, 0.15) is 0 Å². The van der Waals surface area contributed by atoms with E-state index in [1.165, 1.54) is 0 Å². The fourth-order valence-electron chi connectivity index (χ4n) is 2.99. The van der Waals surface area contributed by atoms with E-state index in [-0.39, 0.29) is 23.8 Å². The highest BCUT2D eigenvalue weighted by Crippen LogP contribution is 2.33. The van der Waals surface area contributed by atoms with Crippen molar-refractivity contribution in [3.63, 3.8) is 0 Å². The minimum absolute atomic E-state index is 0.103. The molecule has 0 bridgehead atoms. The number of rotatable bonds is 8. The molecule has 1 N–H and O–H groups in total. The van der Waals surface area contributed by atoms with E-state index >= 15 is 0 Å². The first-order chi connectivity index (χ1) is 11.5. The van der Waals surface area contributed by atoms with Crippen LogP contribution in [-0.2, 0) is 4.79 Å². The molecule has 1 aliphatic carbocycles. The summed E-state index contributed by atoms with van der Waals surface area (Å²) in [5, 5.41) is 3.01. The van der Waals surface area contributed by atoms with Gasteiger partial charge in [0, 0.05) is 25.6 Å². The van der Waals surface area contributed by atoms with Crippen LogP contribution in [0.25, 0.3) is 0 Å². The fourth-order valence-corrected chi connectivity index (χ4v) is 2.99. The molecule has 0 saturated heterocycles. The van der Waals surface area contributed by atoms with Gasteiger partial charge in [0.25, 0.3) is 5.91 Å². The molecule has 1 atom stereocenters. The van der Waals surface area contributed by atoms with Crippen LogP contribution in [0.4, 0.5) is 5.69 Å². The van der Waals surface area contributed by atoms with Crippen molar-refractivity contribution in [2.45, 2.75) is 39.7 Å². The van der Waals surface area contributed by atoms with Crippen LogP contribution >= 0.6 is 0 Å². The van der Waals surface area contributed by atoms with Crippen molar-refractivity contribution in [3.05, 3.63) is 29.8 Å². The summed E-state index contributed by atoms with van der Waals surface area (Å²) in [6.07, 6.45) is 1.91. The Labute approximate surface area is 145 Å². The highest BCUT2D eigenvalue weighted by Gasteiger charge is 2.33. The first-order valence-electron chi connectivity index (χ1n) is 8.88. The molecule has 0 spiro atoms. The third-order valence-corrected chi connectivity index (χ3v) is 4.76. The molecule has 1 fully saturated rings. The summed E-state index contributed by atoms with van der Waals surface area (Å²) in [4.78, 5) is 28.8. The summed E-state index contributed by atoms with van der Waals surface area (Å²) < 4.78 is 0. The second-order valence-corrected chi connectivity index (χ2v) is 6.47. The number of amides is 2. The van der Waals surface area contributed by atoms with Gasteiger partial charge >= 0.3 is 0 Å². The standard InChI is InChI=1S/C19H29N3O2/c1-5-22(6-2)14(3)13-20-18(23)16-9-7-8-10-17(16)21(4)19(24)15-11-12-15/h7-10,14-15H,5-6,11-13H2,1-4H3,(H,20,23). The molecule has 2 rings (SSSR count). The summed E-state index contributed by atoms with van der Waals surface area (Å²) in [6, 6.07) is 7.59. The number of nitrogens with zero attached hydrogens (tertiary/aromatic N) is 2. The zero-order valence-electron chi connectivity index (χ0n) is 15.2. The van der Waals surface area contributed by atoms with Gasteiger partial charge in [-0.3, -0.25) is 14.5 Å². The smallest absolute Gasteiger partial charge is 0.253 e. The van der Waals surface area contributed by atoms with Crippen LogP contribution in [-0.4, -0.2) is 49.4 Å². The van der Waals surface area contributed by atoms with Crippen molar-refractivity contribution in [1.29, 1.82) is 0 Å². The Morgan fingerprint density at radius 1 is 1.21 bits per heavy atom. The van der Waals surface area contributed by atoms with Gasteiger partial charge < -0.3 is 10.2 Å². The van der Waals surface area contributed by atoms with Crippen LogP contribution in [0.3, 0.4) is 0 Å². The van der Waals surface area contributed by atoms with Crippen LogP contribution in [0, 0.1) is 5.92 Å². The largest absolute Gasteiger partial charge is 0.350 e. The highest BCUT2D eigenvalue weighted by atomic mass is 16.2. The molecule has 2 amide bonds. The van der Waals surface area contributed by atoms with Crippen molar-refractivity contribution in [1.82, 2.24) is 10.2 Å². The lowest BCUT2D eigenvalue weighted by atomic mass is 10.1. The minimum atomic E-state index is -0.125. The van der Waals surface area contributed by atoms with E-state index in [0.29, 0.717) is 17.8 Å². The van der Waals surface area contributed by atoms with Gasteiger partial charge in [0.15, 0.2) is 0 Å². The molecular weight excluding hydrogens is 302 g/mol. The summed E-state index contributed by atoms with van der Waals surface area (Å²) >= 11 is 0. The Hall–Kier alpha value is -1.88. The Morgan fingerprint density at radius 3 is 2.42 bits per heavy atom. The average molecular weight is 331 g/mol. The number of likely N-dealkylation sites (N-methyl/N-ethyl adjacent to an activating group) is 1. The normalized spacial score (nSPS) is 15.2. The fraction of sp³-hybridized carbons (Fsp3) is 0.579. The van der Waals surface area contributed by atoms with Crippen molar-refractivity contribution in [3.8, 4) is 0 Å². The molecule has 1 unspecified atom stereocenters. The molecule has 1 aromatic rings. The number of benzene rings is 1. The van der Waals surface area contributed by atoms with Crippen LogP contribution in [0.1, 0.15) is 44.0 Å². The average Bonchev–Trinajstić information content (AvgIpc) is 3.44. The third kappa shape index (κ3) is 4.35. The monoisotopic (exact) mass is 331 g/mol. The zero-order chi connectivity index (χ0) is 17.7. The van der Waals surface area contributed by atoms with Gasteiger partial charge in [-0.25, -0.2) is 0 Å². The van der Waals surface area contributed by atoms with Crippen LogP contribution < -0.4 is 10.2 Å². The maximum atomic E-state index is 12.6. The van der Waals surface area contributed by atoms with Gasteiger partial charge in [0.2, 0.25) is 5.91 Å². The molecule has 24 heavy (non-hydrogen) atoms. The van der Waals surface area contributed by atoms with E-state index < -0.39 is 0 Å². The summed E-state index contributed by atoms with van der Waals surface area (Å²) in [6.45, 7) is 8.87. The van der Waals surface area contributed by atoms with E-state index in [2.05, 4.69) is 31.0 Å². The lowest BCUT2D eigenvalue weighted by molar-refractivity contribution is -0.119.